The van der Waals surface area contributed by atoms with Gasteiger partial charge in [-0.3, -0.25) is 14.6 Å². The van der Waals surface area contributed by atoms with Crippen molar-refractivity contribution >= 4 is 41.8 Å². The first-order valence-electron chi connectivity index (χ1n) is 9.38. The molecule has 0 unspecified atom stereocenters. The summed E-state index contributed by atoms with van der Waals surface area (Å²) in [6, 6.07) is 5.01. The SMILES string of the molecule is C=NC=CC(=C)Cn1cccc(-c2cc(NCC(=C)SC(=C)Cl)n(C(=O)C(=C)C)n2)c1=O. The summed E-state index contributed by atoms with van der Waals surface area (Å²) in [5, 5.41) is 7.47. The number of aromatic nitrogens is 3. The maximum Gasteiger partial charge on any atom is 0.275 e. The zero-order chi connectivity index (χ0) is 23.8. The minimum absolute atomic E-state index is 0.272. The summed E-state index contributed by atoms with van der Waals surface area (Å²) < 4.78 is 3.07. The Labute approximate surface area is 196 Å². The first kappa shape index (κ1) is 24.9. The number of carbonyl (C=O) groups is 1. The topological polar surface area (TPSA) is 81.3 Å². The minimum atomic E-state index is -0.398. The molecule has 7 nitrogen and oxygen atoms in total. The van der Waals surface area contributed by atoms with Crippen molar-refractivity contribution in [3.8, 4) is 11.3 Å². The van der Waals surface area contributed by atoms with E-state index in [0.29, 0.717) is 44.0 Å². The molecule has 0 spiro atoms. The number of allylic oxidation sites excluding steroid dienone is 3. The van der Waals surface area contributed by atoms with E-state index in [9.17, 15) is 9.59 Å². The maximum absolute atomic E-state index is 13.0. The van der Waals surface area contributed by atoms with Gasteiger partial charge in [0.1, 0.15) is 11.5 Å². The van der Waals surface area contributed by atoms with Crippen LogP contribution >= 0.6 is 23.4 Å². The number of rotatable bonds is 11. The van der Waals surface area contributed by atoms with E-state index in [2.05, 4.69) is 48.4 Å². The van der Waals surface area contributed by atoms with Crippen LogP contribution in [-0.2, 0) is 6.54 Å². The van der Waals surface area contributed by atoms with Crippen molar-refractivity contribution < 1.29 is 4.79 Å². The molecule has 32 heavy (non-hydrogen) atoms. The number of nitrogens with one attached hydrogen (secondary N) is 1. The van der Waals surface area contributed by atoms with Crippen molar-refractivity contribution in [2.24, 2.45) is 4.99 Å². The zero-order valence-corrected chi connectivity index (χ0v) is 19.4. The number of hydrogen-bond acceptors (Lipinski definition) is 6. The van der Waals surface area contributed by atoms with Crippen LogP contribution in [0.25, 0.3) is 11.3 Å². The van der Waals surface area contributed by atoms with Gasteiger partial charge in [-0.2, -0.15) is 9.78 Å². The number of nitrogens with zero attached hydrogens (tertiary/aromatic N) is 4. The van der Waals surface area contributed by atoms with Crippen molar-refractivity contribution in [1.29, 1.82) is 0 Å². The molecule has 1 N–H and O–H groups in total. The second-order valence-corrected chi connectivity index (χ2v) is 8.73. The lowest BCUT2D eigenvalue weighted by Gasteiger charge is -2.09. The number of halogens is 1. The molecule has 0 saturated carbocycles. The van der Waals surface area contributed by atoms with Gasteiger partial charge in [0.2, 0.25) is 0 Å². The van der Waals surface area contributed by atoms with E-state index in [0.717, 1.165) is 0 Å². The highest BCUT2D eigenvalue weighted by Crippen LogP contribution is 2.26. The molecule has 0 fully saturated rings. The van der Waals surface area contributed by atoms with Gasteiger partial charge in [0.05, 0.1) is 16.5 Å². The van der Waals surface area contributed by atoms with Crippen molar-refractivity contribution in [1.82, 2.24) is 14.3 Å². The third-order valence-electron chi connectivity index (χ3n) is 4.07. The normalized spacial score (nSPS) is 10.7. The van der Waals surface area contributed by atoms with Crippen LogP contribution in [0, 0.1) is 0 Å². The van der Waals surface area contributed by atoms with Gasteiger partial charge in [0.25, 0.3) is 11.5 Å². The summed E-state index contributed by atoms with van der Waals surface area (Å²) in [5.74, 6) is -0.000367. The highest BCUT2D eigenvalue weighted by Gasteiger charge is 2.18. The average Bonchev–Trinajstić information content (AvgIpc) is 3.15. The molecule has 2 rings (SSSR count). The highest BCUT2D eigenvalue weighted by atomic mass is 35.5. The largest absolute Gasteiger partial charge is 0.365 e. The Kier molecular flexibility index (Phi) is 8.80. The Balaban J connectivity index is 2.42. The molecule has 0 aliphatic rings. The van der Waals surface area contributed by atoms with E-state index >= 15 is 0 Å². The average molecular weight is 470 g/mol. The molecular weight excluding hydrogens is 446 g/mol. The lowest BCUT2D eigenvalue weighted by molar-refractivity contribution is 0.0943. The summed E-state index contributed by atoms with van der Waals surface area (Å²) >= 11 is 7.02. The van der Waals surface area contributed by atoms with E-state index in [1.165, 1.54) is 27.2 Å². The number of carbonyl (C=O) groups excluding carboxylic acids is 1. The summed E-state index contributed by atoms with van der Waals surface area (Å²) in [6.07, 6.45) is 4.84. The predicted octanol–water partition coefficient (Wildman–Crippen LogP) is 5.07. The van der Waals surface area contributed by atoms with Crippen molar-refractivity contribution in [3.63, 3.8) is 0 Å². The van der Waals surface area contributed by atoms with E-state index in [1.54, 1.807) is 37.4 Å². The van der Waals surface area contributed by atoms with Gasteiger partial charge >= 0.3 is 0 Å². The van der Waals surface area contributed by atoms with Gasteiger partial charge < -0.3 is 9.88 Å². The second-order valence-electron chi connectivity index (χ2n) is 6.77. The number of aliphatic imine (C=N–C) groups is 1. The molecule has 2 aromatic rings. The lowest BCUT2D eigenvalue weighted by atomic mass is 10.2. The number of pyridine rings is 1. The molecule has 0 saturated heterocycles. The first-order chi connectivity index (χ1) is 15.1. The lowest BCUT2D eigenvalue weighted by Crippen LogP contribution is -2.22. The number of anilines is 1. The third-order valence-corrected chi connectivity index (χ3v) is 4.96. The van der Waals surface area contributed by atoms with E-state index in [1.807, 2.05) is 0 Å². The molecule has 2 heterocycles. The van der Waals surface area contributed by atoms with Gasteiger partial charge in [-0.1, -0.05) is 49.7 Å². The van der Waals surface area contributed by atoms with Crippen molar-refractivity contribution in [2.45, 2.75) is 13.5 Å². The van der Waals surface area contributed by atoms with Gasteiger partial charge in [-0.15, -0.1) is 0 Å². The first-order valence-corrected chi connectivity index (χ1v) is 10.6. The molecule has 0 atom stereocenters. The zero-order valence-electron chi connectivity index (χ0n) is 17.8. The molecule has 0 aliphatic heterocycles. The molecule has 0 bridgehead atoms. The fraction of sp³-hybridized carbons (Fsp3) is 0.130. The van der Waals surface area contributed by atoms with Gasteiger partial charge in [-0.05, 0) is 37.4 Å². The fourth-order valence-electron chi connectivity index (χ4n) is 2.64. The number of hydrogen-bond donors (Lipinski definition) is 1. The van der Waals surface area contributed by atoms with Crippen LogP contribution in [0.1, 0.15) is 11.7 Å². The predicted molar refractivity (Wildman–Crippen MR) is 135 cm³/mol. The third kappa shape index (κ3) is 6.57. The molecule has 0 aromatic carbocycles. The van der Waals surface area contributed by atoms with Crippen LogP contribution in [-0.4, -0.2) is 33.5 Å². The monoisotopic (exact) mass is 469 g/mol. The van der Waals surface area contributed by atoms with Crippen LogP contribution in [0.15, 0.2) is 93.2 Å². The molecule has 2 aromatic heterocycles. The Hall–Kier alpha value is -3.36. The second kappa shape index (κ2) is 11.3. The standard InChI is InChI=1S/C23H24ClN5O2S/c1-15(2)22(30)29-21(26-13-17(4)32-18(5)24)12-20(27-29)19-8-7-11-28(23(19)31)14-16(3)9-10-25-6/h7-12,26H,1,3-6,13-14H2,2H3. The van der Waals surface area contributed by atoms with Gasteiger partial charge in [0.15, 0.2) is 0 Å². The van der Waals surface area contributed by atoms with Crippen molar-refractivity contribution in [3.05, 3.63) is 93.8 Å². The highest BCUT2D eigenvalue weighted by molar-refractivity contribution is 8.08. The molecule has 0 radical (unpaired) electrons. The summed E-state index contributed by atoms with van der Waals surface area (Å²) in [4.78, 5) is 30.0. The fourth-order valence-corrected chi connectivity index (χ4v) is 3.43. The Morgan fingerprint density at radius 1 is 1.34 bits per heavy atom. The molecule has 9 heteroatoms. The Bertz CT molecular complexity index is 1190. The summed E-state index contributed by atoms with van der Waals surface area (Å²) in [7, 11) is 0. The quantitative estimate of drug-likeness (QED) is 0.282. The van der Waals surface area contributed by atoms with Crippen LogP contribution in [0.3, 0.4) is 0 Å². The smallest absolute Gasteiger partial charge is 0.275 e. The van der Waals surface area contributed by atoms with E-state index in [4.69, 9.17) is 11.6 Å². The van der Waals surface area contributed by atoms with Crippen LogP contribution in [0.4, 0.5) is 5.82 Å². The Morgan fingerprint density at radius 2 is 2.06 bits per heavy atom. The molecule has 166 valence electrons. The van der Waals surface area contributed by atoms with Gasteiger partial charge in [-0.25, -0.2) is 0 Å². The Morgan fingerprint density at radius 3 is 2.69 bits per heavy atom. The van der Waals surface area contributed by atoms with E-state index in [-0.39, 0.29) is 12.1 Å². The molecule has 0 amide bonds. The molecule has 0 aliphatic carbocycles. The summed E-state index contributed by atoms with van der Waals surface area (Å²) in [5.41, 5.74) is 1.39. The number of thioether (sulfide) groups is 1. The van der Waals surface area contributed by atoms with E-state index < -0.39 is 5.91 Å². The maximum atomic E-state index is 13.0. The van der Waals surface area contributed by atoms with Crippen molar-refractivity contribution in [2.75, 3.05) is 11.9 Å². The van der Waals surface area contributed by atoms with Gasteiger partial charge in [0, 0.05) is 35.5 Å². The van der Waals surface area contributed by atoms with Crippen LogP contribution < -0.4 is 10.9 Å². The minimum Gasteiger partial charge on any atom is -0.365 e. The van der Waals surface area contributed by atoms with Crippen LogP contribution in [0.5, 0.6) is 0 Å². The van der Waals surface area contributed by atoms with Crippen LogP contribution in [0.2, 0.25) is 0 Å². The molecular formula is C23H24ClN5O2S. The summed E-state index contributed by atoms with van der Waals surface area (Å²) in [6.45, 7) is 20.7.